The highest BCUT2D eigenvalue weighted by molar-refractivity contribution is 5.92. The molecule has 2 aliphatic rings. The van der Waals surface area contributed by atoms with E-state index >= 15 is 0 Å². The Morgan fingerprint density at radius 3 is 2.59 bits per heavy atom. The Bertz CT molecular complexity index is 486. The monoisotopic (exact) mass is 326 g/mol. The highest BCUT2D eigenvalue weighted by Crippen LogP contribution is 2.39. The van der Waals surface area contributed by atoms with E-state index in [0.717, 1.165) is 57.7 Å². The molecule has 0 bridgehead atoms. The molecule has 5 nitrogen and oxygen atoms in total. The summed E-state index contributed by atoms with van der Waals surface area (Å²) in [5, 5.41) is 7.71. The molecule has 0 aromatic carbocycles. The van der Waals surface area contributed by atoms with Gasteiger partial charge in [-0.25, -0.2) is 0 Å². The normalized spacial score (nSPS) is 20.7. The molecule has 1 amide bonds. The molecular weight excluding hydrogens is 300 g/mol. The Morgan fingerprint density at radius 2 is 1.95 bits per heavy atom. The van der Waals surface area contributed by atoms with E-state index in [2.05, 4.69) is 17.3 Å². The molecule has 1 spiro atoms. The summed E-state index contributed by atoms with van der Waals surface area (Å²) in [6.45, 7) is 7.00. The van der Waals surface area contributed by atoms with Crippen molar-refractivity contribution in [1.82, 2.24) is 20.0 Å². The van der Waals surface area contributed by atoms with E-state index < -0.39 is 0 Å². The quantitative estimate of drug-likeness (QED) is 0.927. The molecule has 124 valence electrons. The minimum atomic E-state index is 0. The SMILES string of the molecule is CCCn1nccc1C(=O)N1CCC2(CCNCC2)CC1.Cl. The summed E-state index contributed by atoms with van der Waals surface area (Å²) in [5.41, 5.74) is 1.24. The Labute approximate surface area is 138 Å². The fourth-order valence-electron chi connectivity index (χ4n) is 3.71. The maximum atomic E-state index is 12.7. The first-order valence-corrected chi connectivity index (χ1v) is 8.26. The number of aromatic nitrogens is 2. The molecule has 2 fully saturated rings. The Morgan fingerprint density at radius 1 is 1.27 bits per heavy atom. The van der Waals surface area contributed by atoms with Crippen LogP contribution in [-0.4, -0.2) is 46.8 Å². The fraction of sp³-hybridized carbons (Fsp3) is 0.750. The average Bonchev–Trinajstić information content (AvgIpc) is 2.97. The Balaban J connectivity index is 0.00000176. The number of piperidine rings is 2. The van der Waals surface area contributed by atoms with Gasteiger partial charge in [-0.3, -0.25) is 9.48 Å². The van der Waals surface area contributed by atoms with Crippen LogP contribution in [0.3, 0.4) is 0 Å². The average molecular weight is 327 g/mol. The third-order valence-electron chi connectivity index (χ3n) is 5.15. The van der Waals surface area contributed by atoms with Crippen LogP contribution in [0, 0.1) is 5.41 Å². The van der Waals surface area contributed by atoms with Crippen molar-refractivity contribution < 1.29 is 4.79 Å². The topological polar surface area (TPSA) is 50.2 Å². The van der Waals surface area contributed by atoms with Crippen molar-refractivity contribution in [1.29, 1.82) is 0 Å². The van der Waals surface area contributed by atoms with Gasteiger partial charge in [0.2, 0.25) is 0 Å². The lowest BCUT2D eigenvalue weighted by Crippen LogP contribution is -2.47. The van der Waals surface area contributed by atoms with E-state index in [0.29, 0.717) is 5.41 Å². The highest BCUT2D eigenvalue weighted by atomic mass is 35.5. The summed E-state index contributed by atoms with van der Waals surface area (Å²) in [4.78, 5) is 14.7. The van der Waals surface area contributed by atoms with Gasteiger partial charge in [-0.1, -0.05) is 6.92 Å². The lowest BCUT2D eigenvalue weighted by Gasteiger charge is -2.44. The van der Waals surface area contributed by atoms with Crippen LogP contribution in [0.2, 0.25) is 0 Å². The van der Waals surface area contributed by atoms with Crippen LogP contribution in [-0.2, 0) is 6.54 Å². The van der Waals surface area contributed by atoms with Crippen molar-refractivity contribution >= 4 is 18.3 Å². The molecule has 1 N–H and O–H groups in total. The zero-order valence-electron chi connectivity index (χ0n) is 13.4. The van der Waals surface area contributed by atoms with Crippen LogP contribution in [0.15, 0.2) is 12.3 Å². The van der Waals surface area contributed by atoms with Gasteiger partial charge in [-0.05, 0) is 56.7 Å². The third kappa shape index (κ3) is 3.46. The Hall–Kier alpha value is -1.07. The second-order valence-electron chi connectivity index (χ2n) is 6.48. The first kappa shape index (κ1) is 17.3. The molecule has 6 heteroatoms. The van der Waals surface area contributed by atoms with Gasteiger partial charge >= 0.3 is 0 Å². The van der Waals surface area contributed by atoms with E-state index in [1.807, 2.05) is 15.6 Å². The molecule has 2 saturated heterocycles. The summed E-state index contributed by atoms with van der Waals surface area (Å²) < 4.78 is 1.84. The van der Waals surface area contributed by atoms with E-state index in [9.17, 15) is 4.79 Å². The molecule has 1 aromatic heterocycles. The van der Waals surface area contributed by atoms with Crippen LogP contribution >= 0.6 is 12.4 Å². The number of likely N-dealkylation sites (tertiary alicyclic amines) is 1. The van der Waals surface area contributed by atoms with Crippen molar-refractivity contribution in [3.8, 4) is 0 Å². The molecule has 0 aliphatic carbocycles. The molecule has 2 aliphatic heterocycles. The number of aryl methyl sites for hydroxylation is 1. The van der Waals surface area contributed by atoms with Gasteiger partial charge in [0.15, 0.2) is 0 Å². The largest absolute Gasteiger partial charge is 0.337 e. The zero-order valence-corrected chi connectivity index (χ0v) is 14.2. The molecule has 0 saturated carbocycles. The van der Waals surface area contributed by atoms with Gasteiger partial charge in [0.05, 0.1) is 0 Å². The number of hydrogen-bond donors (Lipinski definition) is 1. The predicted molar refractivity (Wildman–Crippen MR) is 89.4 cm³/mol. The molecule has 1 aromatic rings. The van der Waals surface area contributed by atoms with Gasteiger partial charge < -0.3 is 10.2 Å². The summed E-state index contributed by atoms with van der Waals surface area (Å²) in [7, 11) is 0. The van der Waals surface area contributed by atoms with Crippen LogP contribution in [0.4, 0.5) is 0 Å². The summed E-state index contributed by atoms with van der Waals surface area (Å²) >= 11 is 0. The van der Waals surface area contributed by atoms with Crippen LogP contribution in [0.1, 0.15) is 49.5 Å². The van der Waals surface area contributed by atoms with Crippen molar-refractivity contribution in [3.63, 3.8) is 0 Å². The van der Waals surface area contributed by atoms with E-state index in [1.54, 1.807) is 6.20 Å². The van der Waals surface area contributed by atoms with Gasteiger partial charge in [-0.2, -0.15) is 5.10 Å². The lowest BCUT2D eigenvalue weighted by molar-refractivity contribution is 0.0485. The summed E-state index contributed by atoms with van der Waals surface area (Å²) in [6.07, 6.45) is 7.58. The summed E-state index contributed by atoms with van der Waals surface area (Å²) in [6, 6.07) is 1.85. The lowest BCUT2D eigenvalue weighted by atomic mass is 9.71. The van der Waals surface area contributed by atoms with E-state index in [4.69, 9.17) is 0 Å². The molecule has 3 rings (SSSR count). The van der Waals surface area contributed by atoms with Crippen LogP contribution < -0.4 is 5.32 Å². The van der Waals surface area contributed by atoms with E-state index in [-0.39, 0.29) is 18.3 Å². The molecular formula is C16H27ClN4O. The zero-order chi connectivity index (χ0) is 14.7. The first-order chi connectivity index (χ1) is 10.2. The third-order valence-corrected chi connectivity index (χ3v) is 5.15. The number of carbonyl (C=O) groups excluding carboxylic acids is 1. The van der Waals surface area contributed by atoms with Crippen molar-refractivity contribution in [2.24, 2.45) is 5.41 Å². The first-order valence-electron chi connectivity index (χ1n) is 8.26. The molecule has 22 heavy (non-hydrogen) atoms. The smallest absolute Gasteiger partial charge is 0.272 e. The second-order valence-corrected chi connectivity index (χ2v) is 6.48. The molecule has 0 unspecified atom stereocenters. The number of nitrogens with one attached hydrogen (secondary N) is 1. The van der Waals surface area contributed by atoms with Crippen LogP contribution in [0.25, 0.3) is 0 Å². The maximum Gasteiger partial charge on any atom is 0.272 e. The summed E-state index contributed by atoms with van der Waals surface area (Å²) in [5.74, 6) is 0.157. The molecule has 3 heterocycles. The van der Waals surface area contributed by atoms with Crippen molar-refractivity contribution in [2.75, 3.05) is 26.2 Å². The fourth-order valence-corrected chi connectivity index (χ4v) is 3.71. The Kier molecular flexibility index (Phi) is 5.87. The number of rotatable bonds is 3. The minimum absolute atomic E-state index is 0. The van der Waals surface area contributed by atoms with Crippen LogP contribution in [0.5, 0.6) is 0 Å². The maximum absolute atomic E-state index is 12.7. The molecule has 0 radical (unpaired) electrons. The minimum Gasteiger partial charge on any atom is -0.337 e. The van der Waals surface area contributed by atoms with Gasteiger partial charge in [0.25, 0.3) is 5.91 Å². The number of halogens is 1. The number of amides is 1. The number of hydrogen-bond acceptors (Lipinski definition) is 3. The van der Waals surface area contributed by atoms with Gasteiger partial charge in [-0.15, -0.1) is 12.4 Å². The highest BCUT2D eigenvalue weighted by Gasteiger charge is 2.37. The molecule has 0 atom stereocenters. The predicted octanol–water partition coefficient (Wildman–Crippen LogP) is 2.32. The van der Waals surface area contributed by atoms with Crippen molar-refractivity contribution in [2.45, 2.75) is 45.6 Å². The number of carbonyl (C=O) groups is 1. The van der Waals surface area contributed by atoms with Gasteiger partial charge in [0, 0.05) is 25.8 Å². The van der Waals surface area contributed by atoms with Gasteiger partial charge in [0.1, 0.15) is 5.69 Å². The van der Waals surface area contributed by atoms with E-state index in [1.165, 1.54) is 12.8 Å². The number of nitrogens with zero attached hydrogens (tertiary/aromatic N) is 3. The van der Waals surface area contributed by atoms with Crippen molar-refractivity contribution in [3.05, 3.63) is 18.0 Å². The second kappa shape index (κ2) is 7.47. The standard InChI is InChI=1S/C16H26N4O.ClH/c1-2-11-20-14(3-8-18-20)15(21)19-12-6-16(7-13-19)4-9-17-10-5-16;/h3,8,17H,2,4-7,9-13H2,1H3;1H.